The lowest BCUT2D eigenvalue weighted by molar-refractivity contribution is -0.137. The van der Waals surface area contributed by atoms with Gasteiger partial charge >= 0.3 is 6.18 Å². The Hall–Kier alpha value is -1.23. The molecule has 1 aromatic carbocycles. The molecular weight excluding hydrogens is 219 g/mol. The second kappa shape index (κ2) is 3.97. The Balaban J connectivity index is 2.51. The van der Waals surface area contributed by atoms with Gasteiger partial charge in [0.25, 0.3) is 0 Å². The fraction of sp³-hybridized carbons (Fsp3) is 0.455. The van der Waals surface area contributed by atoms with E-state index in [1.165, 1.54) is 13.2 Å². The first kappa shape index (κ1) is 11.3. The zero-order valence-corrected chi connectivity index (χ0v) is 8.77. The third-order valence-corrected chi connectivity index (χ3v) is 2.74. The number of ether oxygens (including phenoxy) is 1. The molecule has 1 atom stereocenters. The molecule has 1 N–H and O–H groups in total. The number of methoxy groups -OCH3 is 1. The number of halogens is 3. The summed E-state index contributed by atoms with van der Waals surface area (Å²) < 4.78 is 43.4. The van der Waals surface area contributed by atoms with Gasteiger partial charge in [0.15, 0.2) is 0 Å². The fourth-order valence-corrected chi connectivity index (χ4v) is 2.00. The molecule has 2 nitrogen and oxygen atoms in total. The van der Waals surface area contributed by atoms with E-state index in [4.69, 9.17) is 4.74 Å². The molecule has 16 heavy (non-hydrogen) atoms. The van der Waals surface area contributed by atoms with Gasteiger partial charge in [-0.05, 0) is 12.5 Å². The Labute approximate surface area is 91.4 Å². The first-order valence-corrected chi connectivity index (χ1v) is 5.01. The molecule has 1 aliphatic rings. The molecular formula is C11H12F3NO. The molecule has 0 aromatic heterocycles. The monoisotopic (exact) mass is 231 g/mol. The van der Waals surface area contributed by atoms with Crippen LogP contribution in [0.2, 0.25) is 0 Å². The molecule has 0 spiro atoms. The largest absolute Gasteiger partial charge is 0.418 e. The maximum absolute atomic E-state index is 12.7. The van der Waals surface area contributed by atoms with Crippen molar-refractivity contribution in [3.05, 3.63) is 29.3 Å². The molecule has 1 aromatic rings. The number of hydrogen-bond donors (Lipinski definition) is 1. The van der Waals surface area contributed by atoms with Crippen molar-refractivity contribution in [3.8, 4) is 0 Å². The highest BCUT2D eigenvalue weighted by Crippen LogP contribution is 2.41. The summed E-state index contributed by atoms with van der Waals surface area (Å²) >= 11 is 0. The van der Waals surface area contributed by atoms with Crippen LogP contribution in [0, 0.1) is 0 Å². The predicted molar refractivity (Wildman–Crippen MR) is 54.3 cm³/mol. The molecule has 0 amide bonds. The van der Waals surface area contributed by atoms with E-state index in [1.807, 2.05) is 0 Å². The van der Waals surface area contributed by atoms with Crippen molar-refractivity contribution in [1.82, 2.24) is 0 Å². The molecule has 0 aliphatic carbocycles. The van der Waals surface area contributed by atoms with Crippen molar-refractivity contribution in [2.24, 2.45) is 0 Å². The predicted octanol–water partition coefficient (Wildman–Crippen LogP) is 3.21. The Bertz CT molecular complexity index is 389. The van der Waals surface area contributed by atoms with Gasteiger partial charge in [-0.3, -0.25) is 0 Å². The summed E-state index contributed by atoms with van der Waals surface area (Å²) in [7, 11) is 1.51. The third-order valence-electron chi connectivity index (χ3n) is 2.74. The maximum Gasteiger partial charge on any atom is 0.418 e. The summed E-state index contributed by atoms with van der Waals surface area (Å²) in [6, 6.07) is 4.18. The van der Waals surface area contributed by atoms with Crippen molar-refractivity contribution in [3.63, 3.8) is 0 Å². The average Bonchev–Trinajstić information content (AvgIpc) is 2.26. The molecule has 1 aliphatic heterocycles. The fourth-order valence-electron chi connectivity index (χ4n) is 2.00. The zero-order chi connectivity index (χ0) is 11.8. The summed E-state index contributed by atoms with van der Waals surface area (Å²) in [5.41, 5.74) is 0.128. The van der Waals surface area contributed by atoms with Crippen LogP contribution in [-0.2, 0) is 10.9 Å². The number of hydrogen-bond acceptors (Lipinski definition) is 2. The van der Waals surface area contributed by atoms with Crippen LogP contribution in [0.3, 0.4) is 0 Å². The zero-order valence-electron chi connectivity index (χ0n) is 8.77. The van der Waals surface area contributed by atoms with Crippen LogP contribution in [0.25, 0.3) is 0 Å². The number of nitrogens with one attached hydrogen (secondary N) is 1. The molecule has 0 saturated carbocycles. The van der Waals surface area contributed by atoms with Gasteiger partial charge in [-0.25, -0.2) is 0 Å². The van der Waals surface area contributed by atoms with Crippen molar-refractivity contribution in [1.29, 1.82) is 0 Å². The van der Waals surface area contributed by atoms with Crippen LogP contribution >= 0.6 is 0 Å². The van der Waals surface area contributed by atoms with E-state index in [0.717, 1.165) is 6.07 Å². The SMILES string of the molecule is COC1CCNc2c1cccc2C(F)(F)F. The maximum atomic E-state index is 12.7. The van der Waals surface area contributed by atoms with Gasteiger partial charge in [-0.1, -0.05) is 12.1 Å². The number of benzene rings is 1. The Morgan fingerprint density at radius 3 is 2.75 bits per heavy atom. The summed E-state index contributed by atoms with van der Waals surface area (Å²) in [5, 5.41) is 2.80. The van der Waals surface area contributed by atoms with Gasteiger partial charge in [-0.2, -0.15) is 13.2 Å². The number of fused-ring (bicyclic) bond motifs is 1. The second-order valence-electron chi connectivity index (χ2n) is 3.71. The smallest absolute Gasteiger partial charge is 0.384 e. The highest BCUT2D eigenvalue weighted by Gasteiger charge is 2.36. The van der Waals surface area contributed by atoms with E-state index < -0.39 is 11.7 Å². The first-order chi connectivity index (χ1) is 7.54. The Morgan fingerprint density at radius 1 is 1.38 bits per heavy atom. The van der Waals surface area contributed by atoms with Crippen molar-refractivity contribution in [2.45, 2.75) is 18.7 Å². The Morgan fingerprint density at radius 2 is 2.12 bits per heavy atom. The summed E-state index contributed by atoms with van der Waals surface area (Å²) in [4.78, 5) is 0. The molecule has 5 heteroatoms. The molecule has 0 radical (unpaired) electrons. The van der Waals surface area contributed by atoms with Crippen LogP contribution < -0.4 is 5.32 Å². The second-order valence-corrected chi connectivity index (χ2v) is 3.71. The molecule has 88 valence electrons. The highest BCUT2D eigenvalue weighted by atomic mass is 19.4. The number of para-hydroxylation sites is 1. The van der Waals surface area contributed by atoms with Gasteiger partial charge in [0, 0.05) is 19.2 Å². The lowest BCUT2D eigenvalue weighted by Crippen LogP contribution is -2.21. The van der Waals surface area contributed by atoms with Gasteiger partial charge < -0.3 is 10.1 Å². The van der Waals surface area contributed by atoms with Crippen LogP contribution in [0.4, 0.5) is 18.9 Å². The van der Waals surface area contributed by atoms with E-state index in [2.05, 4.69) is 5.32 Å². The minimum Gasteiger partial charge on any atom is -0.384 e. The summed E-state index contributed by atoms with van der Waals surface area (Å²) in [6.45, 7) is 0.499. The summed E-state index contributed by atoms with van der Waals surface area (Å²) in [5.74, 6) is 0. The molecule has 1 heterocycles. The topological polar surface area (TPSA) is 21.3 Å². The lowest BCUT2D eigenvalue weighted by atomic mass is 9.96. The van der Waals surface area contributed by atoms with E-state index in [-0.39, 0.29) is 11.8 Å². The van der Waals surface area contributed by atoms with Crippen molar-refractivity contribution >= 4 is 5.69 Å². The lowest BCUT2D eigenvalue weighted by Gasteiger charge is -2.28. The van der Waals surface area contributed by atoms with Crippen molar-refractivity contribution < 1.29 is 17.9 Å². The van der Waals surface area contributed by atoms with E-state index >= 15 is 0 Å². The molecule has 0 fully saturated rings. The van der Waals surface area contributed by atoms with Crippen LogP contribution in [0.15, 0.2) is 18.2 Å². The molecule has 1 unspecified atom stereocenters. The van der Waals surface area contributed by atoms with Gasteiger partial charge in [0.05, 0.1) is 17.4 Å². The quantitative estimate of drug-likeness (QED) is 0.801. The standard InChI is InChI=1S/C11H12F3NO/c1-16-9-5-6-15-10-7(9)3-2-4-8(10)11(12,13)14/h2-4,9,15H,5-6H2,1H3. The van der Waals surface area contributed by atoms with Gasteiger partial charge in [0.2, 0.25) is 0 Å². The van der Waals surface area contributed by atoms with Gasteiger partial charge in [-0.15, -0.1) is 0 Å². The minimum absolute atomic E-state index is 0.160. The van der Waals surface area contributed by atoms with E-state index in [0.29, 0.717) is 18.5 Å². The highest BCUT2D eigenvalue weighted by molar-refractivity contribution is 5.61. The van der Waals surface area contributed by atoms with Gasteiger partial charge in [0.1, 0.15) is 0 Å². The molecule has 0 saturated heterocycles. The third kappa shape index (κ3) is 1.87. The minimum atomic E-state index is -4.33. The van der Waals surface area contributed by atoms with Crippen LogP contribution in [0.1, 0.15) is 23.7 Å². The summed E-state index contributed by atoms with van der Waals surface area (Å²) in [6.07, 6.45) is -3.89. The molecule has 0 bridgehead atoms. The normalized spacial score (nSPS) is 20.1. The number of rotatable bonds is 1. The number of anilines is 1. The van der Waals surface area contributed by atoms with Crippen LogP contribution in [0.5, 0.6) is 0 Å². The average molecular weight is 231 g/mol. The first-order valence-electron chi connectivity index (χ1n) is 5.01. The number of alkyl halides is 3. The Kier molecular flexibility index (Phi) is 2.80. The van der Waals surface area contributed by atoms with Crippen molar-refractivity contribution in [2.75, 3.05) is 19.0 Å². The van der Waals surface area contributed by atoms with Crippen LogP contribution in [-0.4, -0.2) is 13.7 Å². The van der Waals surface area contributed by atoms with E-state index in [1.54, 1.807) is 6.07 Å². The van der Waals surface area contributed by atoms with E-state index in [9.17, 15) is 13.2 Å². The molecule has 2 rings (SSSR count).